The van der Waals surface area contributed by atoms with E-state index < -0.39 is 17.3 Å². The van der Waals surface area contributed by atoms with Crippen molar-refractivity contribution < 1.29 is 27.5 Å². The molecule has 0 saturated carbocycles. The van der Waals surface area contributed by atoms with Crippen molar-refractivity contribution in [3.63, 3.8) is 0 Å². The van der Waals surface area contributed by atoms with Gasteiger partial charge in [0.25, 0.3) is 0 Å². The van der Waals surface area contributed by atoms with E-state index in [0.29, 0.717) is 43.9 Å². The summed E-state index contributed by atoms with van der Waals surface area (Å²) in [4.78, 5) is 29.0. The quantitative estimate of drug-likeness (QED) is 0.324. The molecule has 5 nitrogen and oxygen atoms in total. The molecule has 1 aliphatic rings. The molecule has 38 heavy (non-hydrogen) atoms. The Kier molecular flexibility index (Phi) is 9.28. The summed E-state index contributed by atoms with van der Waals surface area (Å²) in [5.74, 6) is -0.293. The van der Waals surface area contributed by atoms with Gasteiger partial charge in [0.1, 0.15) is 0 Å². The largest absolute Gasteiger partial charge is 0.466 e. The number of aryl methyl sites for hydroxylation is 2. The highest BCUT2D eigenvalue weighted by Gasteiger charge is 2.47. The first-order chi connectivity index (χ1) is 17.8. The zero-order valence-electron chi connectivity index (χ0n) is 22.7. The minimum absolute atomic E-state index is 0.00547. The summed E-state index contributed by atoms with van der Waals surface area (Å²) >= 11 is 0. The summed E-state index contributed by atoms with van der Waals surface area (Å²) in [6.45, 7) is 13.7. The number of likely N-dealkylation sites (tertiary alicyclic amines) is 1. The second kappa shape index (κ2) is 12.0. The molecule has 1 unspecified atom stereocenters. The zero-order valence-corrected chi connectivity index (χ0v) is 22.7. The molecule has 8 heteroatoms. The highest BCUT2D eigenvalue weighted by molar-refractivity contribution is 5.81. The van der Waals surface area contributed by atoms with Crippen LogP contribution in [0.5, 0.6) is 0 Å². The van der Waals surface area contributed by atoms with Crippen molar-refractivity contribution in [2.24, 2.45) is 0 Å². The lowest BCUT2D eigenvalue weighted by molar-refractivity contribution is -0.144. The topological polar surface area (TPSA) is 49.9 Å². The van der Waals surface area contributed by atoms with Gasteiger partial charge in [-0.1, -0.05) is 48.0 Å². The molecule has 3 rings (SSSR count). The second-order valence-electron chi connectivity index (χ2n) is 10.2. The van der Waals surface area contributed by atoms with Gasteiger partial charge < -0.3 is 14.5 Å². The van der Waals surface area contributed by atoms with E-state index in [1.165, 1.54) is 12.1 Å². The Balaban J connectivity index is 1.76. The minimum atomic E-state index is -4.41. The molecule has 0 spiro atoms. The van der Waals surface area contributed by atoms with Crippen LogP contribution in [0.2, 0.25) is 0 Å². The Labute approximate surface area is 223 Å². The van der Waals surface area contributed by atoms with Gasteiger partial charge in [0.05, 0.1) is 24.1 Å². The summed E-state index contributed by atoms with van der Waals surface area (Å²) in [6, 6.07) is 11.2. The summed E-state index contributed by atoms with van der Waals surface area (Å²) in [7, 11) is 0. The highest BCUT2D eigenvalue weighted by atomic mass is 19.4. The minimum Gasteiger partial charge on any atom is -0.466 e. The third-order valence-electron chi connectivity index (χ3n) is 7.13. The first-order valence-corrected chi connectivity index (χ1v) is 13.0. The molecule has 1 fully saturated rings. The van der Waals surface area contributed by atoms with Crippen molar-refractivity contribution in [3.05, 3.63) is 82.6 Å². The van der Waals surface area contributed by atoms with E-state index >= 15 is 0 Å². The fraction of sp³-hybridized carbons (Fsp3) is 0.467. The Morgan fingerprint density at radius 3 is 2.24 bits per heavy atom. The summed E-state index contributed by atoms with van der Waals surface area (Å²) < 4.78 is 44.1. The number of hydrogen-bond acceptors (Lipinski definition) is 4. The predicted molar refractivity (Wildman–Crippen MR) is 141 cm³/mol. The molecule has 0 bridgehead atoms. The van der Waals surface area contributed by atoms with Gasteiger partial charge in [-0.15, -0.1) is 0 Å². The van der Waals surface area contributed by atoms with Gasteiger partial charge in [-0.05, 0) is 63.8 Å². The fourth-order valence-electron chi connectivity index (χ4n) is 5.02. The monoisotopic (exact) mass is 530 g/mol. The maximum Gasteiger partial charge on any atom is 0.416 e. The second-order valence-corrected chi connectivity index (χ2v) is 10.2. The Bertz CT molecular complexity index is 1140. The Hall–Kier alpha value is -3.29. The van der Waals surface area contributed by atoms with Gasteiger partial charge in [0, 0.05) is 31.8 Å². The van der Waals surface area contributed by atoms with Gasteiger partial charge >= 0.3 is 12.1 Å². The lowest BCUT2D eigenvalue weighted by Crippen LogP contribution is -2.63. The van der Waals surface area contributed by atoms with Crippen molar-refractivity contribution >= 4 is 11.9 Å². The first-order valence-electron chi connectivity index (χ1n) is 13.0. The van der Waals surface area contributed by atoms with Crippen molar-refractivity contribution in [3.8, 4) is 0 Å². The number of hydrogen-bond donors (Lipinski definition) is 0. The predicted octanol–water partition coefficient (Wildman–Crippen LogP) is 6.21. The lowest BCUT2D eigenvalue weighted by Gasteiger charge is -2.54. The molecule has 0 aromatic heterocycles. The number of nitrogens with zero attached hydrogens (tertiary/aromatic N) is 2. The fourth-order valence-corrected chi connectivity index (χ4v) is 5.02. The number of benzene rings is 2. The number of amides is 1. The molecule has 2 aromatic rings. The number of rotatable bonds is 11. The van der Waals surface area contributed by atoms with E-state index in [2.05, 4.69) is 12.6 Å². The van der Waals surface area contributed by atoms with Gasteiger partial charge in [0.15, 0.2) is 0 Å². The molecule has 0 radical (unpaired) electrons. The van der Waals surface area contributed by atoms with Crippen molar-refractivity contribution in [2.45, 2.75) is 71.6 Å². The maximum absolute atomic E-state index is 13.3. The number of alkyl halides is 3. The SMILES string of the molecule is C=C(N(CCCC(=O)OCC)Cc1ccc(C(F)(F)F)cc1)C1(C)CCN1C(=O)Cc1cc(C)cc(C)c1. The maximum atomic E-state index is 13.3. The smallest absolute Gasteiger partial charge is 0.416 e. The molecule has 1 aliphatic heterocycles. The zero-order chi connectivity index (χ0) is 28.1. The van der Waals surface area contributed by atoms with Crippen LogP contribution >= 0.6 is 0 Å². The van der Waals surface area contributed by atoms with Crippen LogP contribution < -0.4 is 0 Å². The van der Waals surface area contributed by atoms with Crippen LogP contribution in [-0.2, 0) is 33.5 Å². The molecule has 0 N–H and O–H groups in total. The van der Waals surface area contributed by atoms with Crippen LogP contribution in [0, 0.1) is 13.8 Å². The van der Waals surface area contributed by atoms with Crippen LogP contribution in [0.25, 0.3) is 0 Å². The molecular formula is C30H37F3N2O3. The van der Waals surface area contributed by atoms with E-state index in [1.54, 1.807) is 6.92 Å². The first kappa shape index (κ1) is 29.3. The summed E-state index contributed by atoms with van der Waals surface area (Å²) in [5, 5.41) is 0. The standard InChI is InChI=1S/C30H37F3N2O3/c1-6-38-28(37)8-7-14-34(20-24-9-11-26(12-10-24)30(31,32)33)23(4)29(5)13-15-35(29)27(36)19-25-17-21(2)16-22(3)18-25/h9-12,16-18H,4,6-8,13-15,19-20H2,1-3,5H3. The highest BCUT2D eigenvalue weighted by Crippen LogP contribution is 2.39. The number of carbonyl (C=O) groups is 2. The number of halogens is 3. The Morgan fingerprint density at radius 1 is 1.08 bits per heavy atom. The molecule has 1 saturated heterocycles. The van der Waals surface area contributed by atoms with Crippen LogP contribution in [0.4, 0.5) is 13.2 Å². The van der Waals surface area contributed by atoms with Gasteiger partial charge in [-0.2, -0.15) is 13.2 Å². The third kappa shape index (κ3) is 7.17. The van der Waals surface area contributed by atoms with Crippen molar-refractivity contribution in [1.82, 2.24) is 9.80 Å². The number of ether oxygens (including phenoxy) is 1. The van der Waals surface area contributed by atoms with Crippen LogP contribution in [0.15, 0.2) is 54.7 Å². The molecule has 1 atom stereocenters. The third-order valence-corrected chi connectivity index (χ3v) is 7.13. The Morgan fingerprint density at radius 2 is 1.71 bits per heavy atom. The summed E-state index contributed by atoms with van der Waals surface area (Å²) in [6.07, 6.45) is -2.68. The van der Waals surface area contributed by atoms with E-state index in [-0.39, 0.29) is 24.7 Å². The molecular weight excluding hydrogens is 493 g/mol. The number of esters is 1. The number of carbonyl (C=O) groups excluding carboxylic acids is 2. The van der Waals surface area contributed by atoms with Gasteiger partial charge in [-0.25, -0.2) is 0 Å². The molecule has 1 heterocycles. The van der Waals surface area contributed by atoms with Crippen LogP contribution in [0.3, 0.4) is 0 Å². The molecule has 206 valence electrons. The molecule has 2 aromatic carbocycles. The average Bonchev–Trinajstić information content (AvgIpc) is 2.81. The normalized spacial score (nSPS) is 17.1. The summed E-state index contributed by atoms with van der Waals surface area (Å²) in [5.41, 5.74) is 3.24. The van der Waals surface area contributed by atoms with E-state index in [9.17, 15) is 22.8 Å². The van der Waals surface area contributed by atoms with Crippen LogP contribution in [-0.4, -0.2) is 46.9 Å². The van der Waals surface area contributed by atoms with Gasteiger partial charge in [-0.3, -0.25) is 9.59 Å². The van der Waals surface area contributed by atoms with Crippen LogP contribution in [0.1, 0.15) is 60.9 Å². The van der Waals surface area contributed by atoms with Gasteiger partial charge in [0.2, 0.25) is 5.91 Å². The molecule has 0 aliphatic carbocycles. The van der Waals surface area contributed by atoms with Crippen molar-refractivity contribution in [2.75, 3.05) is 19.7 Å². The molecule has 1 amide bonds. The lowest BCUT2D eigenvalue weighted by atomic mass is 9.82. The van der Waals surface area contributed by atoms with E-state index in [1.807, 2.05) is 42.7 Å². The van der Waals surface area contributed by atoms with Crippen molar-refractivity contribution in [1.29, 1.82) is 0 Å². The van der Waals surface area contributed by atoms with E-state index in [0.717, 1.165) is 35.2 Å². The van der Waals surface area contributed by atoms with E-state index in [4.69, 9.17) is 4.74 Å². The average molecular weight is 531 g/mol.